The smallest absolute Gasteiger partial charge is 0.325 e. The Kier molecular flexibility index (Phi) is 3.22. The van der Waals surface area contributed by atoms with Crippen molar-refractivity contribution in [3.8, 4) is 5.75 Å². The van der Waals surface area contributed by atoms with Crippen LogP contribution in [0.5, 0.6) is 5.75 Å². The summed E-state index contributed by atoms with van der Waals surface area (Å²) in [7, 11) is 0. The molecule has 0 aromatic heterocycles. The summed E-state index contributed by atoms with van der Waals surface area (Å²) in [6.07, 6.45) is 0.634. The maximum absolute atomic E-state index is 12.7. The third kappa shape index (κ3) is 2.33. The van der Waals surface area contributed by atoms with Gasteiger partial charge in [0, 0.05) is 27.7 Å². The Balaban J connectivity index is 1.79. The third-order valence-electron chi connectivity index (χ3n) is 4.32. The van der Waals surface area contributed by atoms with Crippen LogP contribution in [0.2, 0.25) is 10.0 Å². The van der Waals surface area contributed by atoms with Gasteiger partial charge in [-0.1, -0.05) is 23.2 Å². The maximum atomic E-state index is 12.7. The second-order valence-electron chi connectivity index (χ2n) is 5.98. The van der Waals surface area contributed by atoms with E-state index >= 15 is 0 Å². The molecule has 4 nitrogen and oxygen atoms in total. The van der Waals surface area contributed by atoms with E-state index in [1.165, 1.54) is 0 Å². The number of rotatable bonds is 1. The normalized spacial score (nSPS) is 25.4. The largest absolute Gasteiger partial charge is 0.467 e. The lowest BCUT2D eigenvalue weighted by atomic mass is 9.90. The molecule has 2 aliphatic rings. The van der Waals surface area contributed by atoms with Crippen LogP contribution in [-0.2, 0) is 0 Å². The summed E-state index contributed by atoms with van der Waals surface area (Å²) < 4.78 is 6.19. The van der Waals surface area contributed by atoms with E-state index in [9.17, 15) is 4.79 Å². The molecule has 0 spiro atoms. The van der Waals surface area contributed by atoms with Gasteiger partial charge < -0.3 is 10.1 Å². The molecular weight excluding hydrogens is 335 g/mol. The number of amides is 2. The van der Waals surface area contributed by atoms with Crippen molar-refractivity contribution in [3.05, 3.63) is 58.1 Å². The highest BCUT2D eigenvalue weighted by Crippen LogP contribution is 2.46. The lowest BCUT2D eigenvalue weighted by molar-refractivity contribution is 0.0379. The molecule has 1 N–H and O–H groups in total. The van der Waals surface area contributed by atoms with Gasteiger partial charge in [-0.3, -0.25) is 4.90 Å². The van der Waals surface area contributed by atoms with Crippen molar-refractivity contribution in [3.63, 3.8) is 0 Å². The molecule has 2 atom stereocenters. The number of hydrogen-bond donors (Lipinski definition) is 1. The van der Waals surface area contributed by atoms with Crippen LogP contribution in [0.1, 0.15) is 24.9 Å². The average Bonchev–Trinajstić information content (AvgIpc) is 2.49. The second-order valence-corrected chi connectivity index (χ2v) is 6.85. The Morgan fingerprint density at radius 2 is 1.87 bits per heavy atom. The number of hydrogen-bond acceptors (Lipinski definition) is 2. The van der Waals surface area contributed by atoms with Crippen molar-refractivity contribution in [1.29, 1.82) is 0 Å². The first kappa shape index (κ1) is 14.7. The zero-order valence-electron chi connectivity index (χ0n) is 12.3. The van der Waals surface area contributed by atoms with E-state index in [-0.39, 0.29) is 12.1 Å². The molecule has 0 aliphatic carbocycles. The highest BCUT2D eigenvalue weighted by Gasteiger charge is 2.49. The quantitative estimate of drug-likeness (QED) is 0.806. The second kappa shape index (κ2) is 5.05. The van der Waals surface area contributed by atoms with E-state index in [2.05, 4.69) is 5.32 Å². The Morgan fingerprint density at radius 1 is 1.17 bits per heavy atom. The van der Waals surface area contributed by atoms with E-state index in [1.54, 1.807) is 23.1 Å². The predicted molar refractivity (Wildman–Crippen MR) is 90.3 cm³/mol. The first-order valence-corrected chi connectivity index (χ1v) is 8.07. The molecular formula is C17H14Cl2N2O2. The van der Waals surface area contributed by atoms with E-state index in [0.29, 0.717) is 16.5 Å². The predicted octanol–water partition coefficient (Wildman–Crippen LogP) is 4.76. The highest BCUT2D eigenvalue weighted by atomic mass is 35.5. The van der Waals surface area contributed by atoms with Gasteiger partial charge in [0.05, 0.1) is 6.04 Å². The summed E-state index contributed by atoms with van der Waals surface area (Å²) in [6.45, 7) is 1.92. The fraction of sp³-hybridized carbons (Fsp3) is 0.235. The standard InChI is InChI=1S/C17H14Cl2N2O2/c1-17-9-14(13-8-11(19)4-7-15(13)23-17)20-16(22)21(17)12-5-2-10(18)3-6-12/h2-8,14H,9H2,1H3,(H,20,22). The zero-order chi connectivity index (χ0) is 16.2. The molecule has 4 rings (SSSR count). The molecule has 1 fully saturated rings. The topological polar surface area (TPSA) is 41.6 Å². The molecule has 23 heavy (non-hydrogen) atoms. The summed E-state index contributed by atoms with van der Waals surface area (Å²) in [6, 6.07) is 12.3. The minimum Gasteiger partial charge on any atom is -0.467 e. The van der Waals surface area contributed by atoms with Crippen LogP contribution in [-0.4, -0.2) is 11.8 Å². The average molecular weight is 349 g/mol. The van der Waals surface area contributed by atoms with E-state index in [0.717, 1.165) is 17.0 Å². The van der Waals surface area contributed by atoms with Gasteiger partial charge in [0.2, 0.25) is 0 Å². The SMILES string of the molecule is CC12CC(NC(=O)N1c1ccc(Cl)cc1)c1cc(Cl)ccc1O2. The summed E-state index contributed by atoms with van der Waals surface area (Å²) in [5, 5.41) is 4.29. The summed E-state index contributed by atoms with van der Waals surface area (Å²) >= 11 is 12.0. The summed E-state index contributed by atoms with van der Waals surface area (Å²) in [4.78, 5) is 14.3. The minimum atomic E-state index is -0.762. The van der Waals surface area contributed by atoms with Crippen molar-refractivity contribution in [2.75, 3.05) is 4.90 Å². The van der Waals surface area contributed by atoms with Crippen LogP contribution in [0.15, 0.2) is 42.5 Å². The summed E-state index contributed by atoms with van der Waals surface area (Å²) in [5.41, 5.74) is 0.895. The van der Waals surface area contributed by atoms with Crippen molar-refractivity contribution in [1.82, 2.24) is 5.32 Å². The van der Waals surface area contributed by atoms with Gasteiger partial charge in [0.25, 0.3) is 0 Å². The van der Waals surface area contributed by atoms with Crippen LogP contribution in [0.3, 0.4) is 0 Å². The van der Waals surface area contributed by atoms with Gasteiger partial charge in [-0.25, -0.2) is 4.79 Å². The number of nitrogens with one attached hydrogen (secondary N) is 1. The first-order valence-electron chi connectivity index (χ1n) is 7.31. The van der Waals surface area contributed by atoms with Gasteiger partial charge in [0.1, 0.15) is 5.75 Å². The van der Waals surface area contributed by atoms with Crippen molar-refractivity contribution in [2.45, 2.75) is 25.1 Å². The fourth-order valence-electron chi connectivity index (χ4n) is 3.33. The van der Waals surface area contributed by atoms with Crippen LogP contribution in [0.4, 0.5) is 10.5 Å². The lowest BCUT2D eigenvalue weighted by Gasteiger charge is -2.50. The molecule has 0 saturated carbocycles. The molecule has 118 valence electrons. The van der Waals surface area contributed by atoms with Crippen molar-refractivity contribution >= 4 is 34.9 Å². The molecule has 2 heterocycles. The van der Waals surface area contributed by atoms with Gasteiger partial charge in [-0.15, -0.1) is 0 Å². The van der Waals surface area contributed by atoms with Gasteiger partial charge in [-0.2, -0.15) is 0 Å². The van der Waals surface area contributed by atoms with Crippen LogP contribution < -0.4 is 15.0 Å². The van der Waals surface area contributed by atoms with Crippen LogP contribution in [0, 0.1) is 0 Å². The zero-order valence-corrected chi connectivity index (χ0v) is 13.9. The molecule has 6 heteroatoms. The number of nitrogens with zero attached hydrogens (tertiary/aromatic N) is 1. The Morgan fingerprint density at radius 3 is 2.61 bits per heavy atom. The molecule has 2 aliphatic heterocycles. The molecule has 0 radical (unpaired) electrons. The Labute approximate surface area is 143 Å². The molecule has 2 aromatic carbocycles. The molecule has 2 amide bonds. The number of carbonyl (C=O) groups is 1. The van der Waals surface area contributed by atoms with Crippen molar-refractivity contribution in [2.24, 2.45) is 0 Å². The third-order valence-corrected chi connectivity index (χ3v) is 4.81. The summed E-state index contributed by atoms with van der Waals surface area (Å²) in [5.74, 6) is 0.743. The lowest BCUT2D eigenvalue weighted by Crippen LogP contribution is -2.65. The monoisotopic (exact) mass is 348 g/mol. The number of carbonyl (C=O) groups excluding carboxylic acids is 1. The van der Waals surface area contributed by atoms with Gasteiger partial charge >= 0.3 is 6.03 Å². The number of halogens is 2. The fourth-order valence-corrected chi connectivity index (χ4v) is 3.63. The van der Waals surface area contributed by atoms with Gasteiger partial charge in [-0.05, 0) is 49.4 Å². The maximum Gasteiger partial charge on any atom is 0.325 e. The Bertz CT molecular complexity index is 794. The number of ether oxygens (including phenoxy) is 1. The van der Waals surface area contributed by atoms with Crippen molar-refractivity contribution < 1.29 is 9.53 Å². The molecule has 2 aromatic rings. The first-order chi connectivity index (χ1) is 11.0. The molecule has 2 bridgehead atoms. The van der Waals surface area contributed by atoms with E-state index in [1.807, 2.05) is 31.2 Å². The van der Waals surface area contributed by atoms with E-state index in [4.69, 9.17) is 27.9 Å². The van der Waals surface area contributed by atoms with Gasteiger partial charge in [0.15, 0.2) is 5.72 Å². The minimum absolute atomic E-state index is 0.112. The number of benzene rings is 2. The number of fused-ring (bicyclic) bond motifs is 4. The molecule has 1 saturated heterocycles. The molecule has 2 unspecified atom stereocenters. The van der Waals surface area contributed by atoms with Crippen LogP contribution >= 0.6 is 23.2 Å². The van der Waals surface area contributed by atoms with E-state index < -0.39 is 5.72 Å². The van der Waals surface area contributed by atoms with Crippen LogP contribution in [0.25, 0.3) is 0 Å². The number of urea groups is 1. The Hall–Kier alpha value is -1.91. The number of anilines is 1. The highest BCUT2D eigenvalue weighted by molar-refractivity contribution is 6.31.